The van der Waals surface area contributed by atoms with Gasteiger partial charge in [-0.25, -0.2) is 0 Å². The Hall–Kier alpha value is -3.54. The summed E-state index contributed by atoms with van der Waals surface area (Å²) < 4.78 is 7.87. The van der Waals surface area contributed by atoms with Gasteiger partial charge in [-0.1, -0.05) is 91.9 Å². The van der Waals surface area contributed by atoms with Crippen molar-refractivity contribution < 1.29 is 4.74 Å². The minimum Gasteiger partial charge on any atom is -0.463 e. The van der Waals surface area contributed by atoms with E-state index in [4.69, 9.17) is 19.7 Å². The summed E-state index contributed by atoms with van der Waals surface area (Å²) in [6.45, 7) is 20.2. The molecule has 4 heterocycles. The number of hydrogen-bond donors (Lipinski definition) is 1. The number of piperazine rings is 1. The molecule has 0 radical (unpaired) electrons. The first-order valence-electron chi connectivity index (χ1n) is 20.1. The number of unbranched alkanes of at least 4 members (excludes halogenated alkanes) is 3. The van der Waals surface area contributed by atoms with Gasteiger partial charge in [-0.3, -0.25) is 4.99 Å². The number of nitriles is 1. The van der Waals surface area contributed by atoms with Crippen LogP contribution in [0.15, 0.2) is 29.3 Å². The highest BCUT2D eigenvalue weighted by Crippen LogP contribution is 2.46. The molecule has 1 N–H and O–H groups in total. The Kier molecular flexibility index (Phi) is 12.2. The molecule has 278 valence electrons. The average Bonchev–Trinajstić information content (AvgIpc) is 3.71. The summed E-state index contributed by atoms with van der Waals surface area (Å²) in [7, 11) is 0. The quantitative estimate of drug-likeness (QED) is 0.157. The standard InChI is InChI=1S/C44H60N6OS/c1-9-13-15-22-44(8,21-14-10-2)27-51-43-48-36-23-34(33-17-16-18-37-38(33)35(24-45)41(52-37)28(5)6)40(46-29(7)11-3)32(12-4)39(36)42(49-43)50-25-30-19-20-31(26-50)47-30/h12,16-18,23,28-31,47H,9-11,13-15,19-22,25-27H2,1-8H3/b32-12-,46-40?. The van der Waals surface area contributed by atoms with Crippen molar-refractivity contribution in [1.82, 2.24) is 15.3 Å². The number of hydrogen-bond acceptors (Lipinski definition) is 8. The summed E-state index contributed by atoms with van der Waals surface area (Å²) in [5, 5.41) is 15.4. The van der Waals surface area contributed by atoms with E-state index in [9.17, 15) is 5.26 Å². The fourth-order valence-corrected chi connectivity index (χ4v) is 9.48. The van der Waals surface area contributed by atoms with E-state index in [1.165, 1.54) is 44.9 Å². The van der Waals surface area contributed by atoms with Gasteiger partial charge >= 0.3 is 6.01 Å². The lowest BCUT2D eigenvalue weighted by molar-refractivity contribution is 0.126. The number of thiophene rings is 1. The van der Waals surface area contributed by atoms with Crippen LogP contribution in [-0.2, 0) is 0 Å². The largest absolute Gasteiger partial charge is 0.463 e. The third kappa shape index (κ3) is 7.87. The predicted molar refractivity (Wildman–Crippen MR) is 221 cm³/mol. The molecule has 52 heavy (non-hydrogen) atoms. The SMILES string of the molecule is C/C=C1\C(=NC(C)CC)C(c2cccc3sc(C(C)C)c(C#N)c23)=Cc2nc(OCC(C)(CCCC)CCCCC)nc(N3CC4CCC(C3)N4)c21. The maximum Gasteiger partial charge on any atom is 0.318 e. The van der Waals surface area contributed by atoms with Crippen LogP contribution >= 0.6 is 11.3 Å². The van der Waals surface area contributed by atoms with Gasteiger partial charge in [-0.15, -0.1) is 11.3 Å². The normalized spacial score (nSPS) is 21.8. The lowest BCUT2D eigenvalue weighted by atomic mass is 9.81. The van der Waals surface area contributed by atoms with Crippen molar-refractivity contribution in [2.24, 2.45) is 10.4 Å². The van der Waals surface area contributed by atoms with Crippen LogP contribution in [0.4, 0.5) is 5.82 Å². The number of nitrogens with one attached hydrogen (secondary N) is 1. The number of nitrogens with zero attached hydrogens (tertiary/aromatic N) is 5. The smallest absolute Gasteiger partial charge is 0.318 e. The maximum absolute atomic E-state index is 10.5. The Labute approximate surface area is 316 Å². The van der Waals surface area contributed by atoms with E-state index in [1.54, 1.807) is 11.3 Å². The zero-order chi connectivity index (χ0) is 37.0. The van der Waals surface area contributed by atoms with Gasteiger partial charge in [0.1, 0.15) is 11.9 Å². The number of ether oxygens (including phenoxy) is 1. The maximum atomic E-state index is 10.5. The van der Waals surface area contributed by atoms with Gasteiger partial charge in [0.2, 0.25) is 0 Å². The van der Waals surface area contributed by atoms with E-state index >= 15 is 0 Å². The molecule has 8 heteroatoms. The third-order valence-electron chi connectivity index (χ3n) is 11.4. The van der Waals surface area contributed by atoms with E-state index in [-0.39, 0.29) is 17.4 Å². The lowest BCUT2D eigenvalue weighted by Gasteiger charge is -2.36. The fraction of sp³-hybridized carbons (Fsp3) is 0.591. The first-order valence-corrected chi connectivity index (χ1v) is 20.9. The van der Waals surface area contributed by atoms with Crippen LogP contribution in [0.5, 0.6) is 6.01 Å². The fourth-order valence-electron chi connectivity index (χ4n) is 8.30. The molecule has 2 bridgehead atoms. The zero-order valence-electron chi connectivity index (χ0n) is 32.9. The molecule has 0 saturated carbocycles. The first kappa shape index (κ1) is 38.2. The van der Waals surface area contributed by atoms with Crippen LogP contribution in [-0.4, -0.2) is 53.5 Å². The van der Waals surface area contributed by atoms with E-state index in [2.05, 4.69) is 102 Å². The van der Waals surface area contributed by atoms with Crippen LogP contribution in [0, 0.1) is 16.7 Å². The molecule has 2 aromatic heterocycles. The van der Waals surface area contributed by atoms with Gasteiger partial charge < -0.3 is 15.0 Å². The summed E-state index contributed by atoms with van der Waals surface area (Å²) in [4.78, 5) is 19.6. The topological polar surface area (TPSA) is 86.4 Å². The molecule has 2 fully saturated rings. The highest BCUT2D eigenvalue weighted by molar-refractivity contribution is 7.19. The molecule has 2 aliphatic heterocycles. The summed E-state index contributed by atoms with van der Waals surface area (Å²) >= 11 is 1.74. The minimum absolute atomic E-state index is 0.0702. The molecule has 0 amide bonds. The van der Waals surface area contributed by atoms with Crippen molar-refractivity contribution in [1.29, 1.82) is 5.26 Å². The molecular formula is C44H60N6OS. The van der Waals surface area contributed by atoms with Gasteiger partial charge in [-0.2, -0.15) is 15.2 Å². The van der Waals surface area contributed by atoms with Crippen LogP contribution < -0.4 is 15.0 Å². The van der Waals surface area contributed by atoms with Gasteiger partial charge in [0.25, 0.3) is 0 Å². The average molecular weight is 721 g/mol. The van der Waals surface area contributed by atoms with Gasteiger partial charge in [0.05, 0.1) is 29.1 Å². The van der Waals surface area contributed by atoms with E-state index in [1.807, 2.05) is 0 Å². The van der Waals surface area contributed by atoms with Crippen molar-refractivity contribution in [3.05, 3.63) is 51.5 Å². The highest BCUT2D eigenvalue weighted by atomic mass is 32.1. The van der Waals surface area contributed by atoms with Crippen molar-refractivity contribution in [3.63, 3.8) is 0 Å². The molecule has 2 saturated heterocycles. The van der Waals surface area contributed by atoms with Crippen molar-refractivity contribution in [2.45, 2.75) is 144 Å². The molecule has 7 nitrogen and oxygen atoms in total. The second-order valence-electron chi connectivity index (χ2n) is 16.1. The van der Waals surface area contributed by atoms with Crippen LogP contribution in [0.1, 0.15) is 153 Å². The number of benzene rings is 1. The number of aliphatic imine (C=N–C) groups is 1. The number of allylic oxidation sites excluding steroid dienone is 3. The zero-order valence-corrected chi connectivity index (χ0v) is 33.8. The molecule has 1 aromatic carbocycles. The Morgan fingerprint density at radius 1 is 1.08 bits per heavy atom. The Bertz CT molecular complexity index is 1870. The van der Waals surface area contributed by atoms with Crippen LogP contribution in [0.3, 0.4) is 0 Å². The van der Waals surface area contributed by atoms with E-state index < -0.39 is 0 Å². The molecular weight excluding hydrogens is 661 g/mol. The molecule has 0 spiro atoms. The third-order valence-corrected chi connectivity index (χ3v) is 12.9. The summed E-state index contributed by atoms with van der Waals surface area (Å²) in [6, 6.07) is 10.5. The lowest BCUT2D eigenvalue weighted by Crippen LogP contribution is -2.51. The summed E-state index contributed by atoms with van der Waals surface area (Å²) in [5.74, 6) is 1.21. The monoisotopic (exact) mass is 720 g/mol. The molecule has 4 atom stereocenters. The van der Waals surface area contributed by atoms with E-state index in [0.717, 1.165) is 92.4 Å². The molecule has 3 aliphatic rings. The van der Waals surface area contributed by atoms with Crippen LogP contribution in [0.2, 0.25) is 0 Å². The van der Waals surface area contributed by atoms with Crippen molar-refractivity contribution >= 4 is 50.2 Å². The minimum atomic E-state index is 0.0702. The molecule has 6 rings (SSSR count). The number of fused-ring (bicyclic) bond motifs is 4. The predicted octanol–water partition coefficient (Wildman–Crippen LogP) is 11.0. The first-order chi connectivity index (χ1) is 25.1. The summed E-state index contributed by atoms with van der Waals surface area (Å²) in [6.07, 6.45) is 16.1. The molecule has 3 aromatic rings. The highest BCUT2D eigenvalue weighted by Gasteiger charge is 2.37. The second-order valence-corrected chi connectivity index (χ2v) is 17.2. The van der Waals surface area contributed by atoms with E-state index in [0.29, 0.717) is 24.7 Å². The Morgan fingerprint density at radius 3 is 2.46 bits per heavy atom. The second kappa shape index (κ2) is 16.6. The van der Waals surface area contributed by atoms with Crippen molar-refractivity contribution in [2.75, 3.05) is 24.6 Å². The molecule has 4 unspecified atom stereocenters. The van der Waals surface area contributed by atoms with Gasteiger partial charge in [0, 0.05) is 62.7 Å². The Morgan fingerprint density at radius 2 is 1.81 bits per heavy atom. The molecule has 1 aliphatic carbocycles. The van der Waals surface area contributed by atoms with Gasteiger partial charge in [-0.05, 0) is 69.6 Å². The number of anilines is 1. The number of rotatable bonds is 15. The van der Waals surface area contributed by atoms with Crippen LogP contribution in [0.25, 0.3) is 27.3 Å². The summed E-state index contributed by atoms with van der Waals surface area (Å²) in [5.41, 5.74) is 6.82. The Balaban J connectivity index is 1.55. The number of aromatic nitrogens is 2. The van der Waals surface area contributed by atoms with Gasteiger partial charge in [0.15, 0.2) is 0 Å². The van der Waals surface area contributed by atoms with Crippen molar-refractivity contribution in [3.8, 4) is 12.1 Å².